The molecule has 1 saturated heterocycles. The summed E-state index contributed by atoms with van der Waals surface area (Å²) in [6, 6.07) is 5.49. The zero-order valence-electron chi connectivity index (χ0n) is 13.8. The van der Waals surface area contributed by atoms with Crippen molar-refractivity contribution in [1.29, 1.82) is 0 Å². The molecule has 0 spiro atoms. The first-order valence-corrected chi connectivity index (χ1v) is 8.15. The third kappa shape index (κ3) is 3.73. The van der Waals surface area contributed by atoms with Crippen molar-refractivity contribution < 1.29 is 14.3 Å². The minimum absolute atomic E-state index is 0.0419. The first-order chi connectivity index (χ1) is 11.8. The number of hydrogen-bond donors (Lipinski definition) is 1. The number of aromatic nitrogens is 3. The number of carbonyl (C=O) groups excluding carboxylic acids is 1. The molecule has 1 amide bonds. The monoisotopic (exact) mass is 330 g/mol. The summed E-state index contributed by atoms with van der Waals surface area (Å²) in [6.07, 6.45) is 5.40. The van der Waals surface area contributed by atoms with Gasteiger partial charge in [0.2, 0.25) is 5.88 Å². The Kier molecular flexibility index (Phi) is 5.43. The van der Waals surface area contributed by atoms with Gasteiger partial charge in [0.15, 0.2) is 0 Å². The first-order valence-electron chi connectivity index (χ1n) is 8.15. The van der Waals surface area contributed by atoms with Crippen molar-refractivity contribution in [2.75, 3.05) is 33.4 Å². The Balaban J connectivity index is 1.71. The SMILES string of the molecule is COCCOc1ncccc1C(=O)N1CCCC(c2ccn[nH]2)C1. The number of nitrogens with zero attached hydrogens (tertiary/aromatic N) is 3. The van der Waals surface area contributed by atoms with Crippen LogP contribution in [0.4, 0.5) is 0 Å². The summed E-state index contributed by atoms with van der Waals surface area (Å²) in [7, 11) is 1.61. The third-order valence-electron chi connectivity index (χ3n) is 4.20. The van der Waals surface area contributed by atoms with Crippen LogP contribution >= 0.6 is 0 Å². The predicted octanol–water partition coefficient (Wildman–Crippen LogP) is 1.85. The number of piperidine rings is 1. The van der Waals surface area contributed by atoms with Crippen LogP contribution in [0.1, 0.15) is 34.8 Å². The van der Waals surface area contributed by atoms with E-state index in [1.54, 1.807) is 31.6 Å². The molecule has 24 heavy (non-hydrogen) atoms. The number of hydrogen-bond acceptors (Lipinski definition) is 5. The summed E-state index contributed by atoms with van der Waals surface area (Å²) in [5, 5.41) is 7.02. The average molecular weight is 330 g/mol. The van der Waals surface area contributed by atoms with Crippen LogP contribution in [-0.4, -0.2) is 59.4 Å². The van der Waals surface area contributed by atoms with E-state index >= 15 is 0 Å². The van der Waals surface area contributed by atoms with Gasteiger partial charge in [-0.15, -0.1) is 0 Å². The van der Waals surface area contributed by atoms with Crippen LogP contribution in [0.25, 0.3) is 0 Å². The number of H-pyrrole nitrogens is 1. The van der Waals surface area contributed by atoms with Gasteiger partial charge >= 0.3 is 0 Å². The summed E-state index contributed by atoms with van der Waals surface area (Å²) in [6.45, 7) is 2.24. The molecular formula is C17H22N4O3. The standard InChI is InChI=1S/C17H22N4O3/c1-23-10-11-24-16-14(5-2-7-18-16)17(22)21-9-3-4-13(12-21)15-6-8-19-20-15/h2,5-8,13H,3-4,9-12H2,1H3,(H,19,20). The van der Waals surface area contributed by atoms with Crippen molar-refractivity contribution in [3.8, 4) is 5.88 Å². The van der Waals surface area contributed by atoms with Gasteiger partial charge in [-0.3, -0.25) is 9.89 Å². The second-order valence-electron chi connectivity index (χ2n) is 5.80. The van der Waals surface area contributed by atoms with Crippen molar-refractivity contribution >= 4 is 5.91 Å². The molecule has 1 N–H and O–H groups in total. The summed E-state index contributed by atoms with van der Waals surface area (Å²) >= 11 is 0. The number of aromatic amines is 1. The Morgan fingerprint density at radius 3 is 3.08 bits per heavy atom. The maximum absolute atomic E-state index is 12.9. The van der Waals surface area contributed by atoms with Gasteiger partial charge in [-0.25, -0.2) is 4.98 Å². The van der Waals surface area contributed by atoms with Gasteiger partial charge in [-0.05, 0) is 31.0 Å². The molecule has 0 aliphatic carbocycles. The molecule has 7 heteroatoms. The lowest BCUT2D eigenvalue weighted by molar-refractivity contribution is 0.0697. The Morgan fingerprint density at radius 1 is 1.38 bits per heavy atom. The molecular weight excluding hydrogens is 308 g/mol. The van der Waals surface area contributed by atoms with E-state index in [1.807, 2.05) is 11.0 Å². The lowest BCUT2D eigenvalue weighted by Crippen LogP contribution is -2.39. The van der Waals surface area contributed by atoms with E-state index in [9.17, 15) is 4.79 Å². The van der Waals surface area contributed by atoms with E-state index in [1.165, 1.54) is 0 Å². The molecule has 7 nitrogen and oxygen atoms in total. The van der Waals surface area contributed by atoms with E-state index in [4.69, 9.17) is 9.47 Å². The van der Waals surface area contributed by atoms with Crippen LogP contribution in [0, 0.1) is 0 Å². The normalized spacial score (nSPS) is 17.7. The highest BCUT2D eigenvalue weighted by molar-refractivity contribution is 5.96. The van der Waals surface area contributed by atoms with Gasteiger partial charge in [-0.2, -0.15) is 5.10 Å². The van der Waals surface area contributed by atoms with E-state index in [0.29, 0.717) is 37.1 Å². The van der Waals surface area contributed by atoms with Gasteiger partial charge in [0.25, 0.3) is 5.91 Å². The third-order valence-corrected chi connectivity index (χ3v) is 4.20. The van der Waals surface area contributed by atoms with Crippen LogP contribution in [0.15, 0.2) is 30.6 Å². The van der Waals surface area contributed by atoms with Gasteiger partial charge in [0.05, 0.1) is 6.61 Å². The summed E-state index contributed by atoms with van der Waals surface area (Å²) in [5.41, 5.74) is 1.58. The molecule has 0 saturated carbocycles. The van der Waals surface area contributed by atoms with Crippen LogP contribution < -0.4 is 4.74 Å². The van der Waals surface area contributed by atoms with Gasteiger partial charge in [0, 0.05) is 44.2 Å². The zero-order chi connectivity index (χ0) is 16.8. The highest BCUT2D eigenvalue weighted by Gasteiger charge is 2.28. The lowest BCUT2D eigenvalue weighted by atomic mass is 9.94. The topological polar surface area (TPSA) is 80.3 Å². The number of rotatable bonds is 6. The number of carbonyl (C=O) groups is 1. The van der Waals surface area contributed by atoms with Crippen molar-refractivity contribution in [3.05, 3.63) is 41.9 Å². The van der Waals surface area contributed by atoms with Gasteiger partial charge < -0.3 is 14.4 Å². The lowest BCUT2D eigenvalue weighted by Gasteiger charge is -2.32. The second-order valence-corrected chi connectivity index (χ2v) is 5.80. The number of ether oxygens (including phenoxy) is 2. The highest BCUT2D eigenvalue weighted by atomic mass is 16.5. The second kappa shape index (κ2) is 7.92. The fraction of sp³-hybridized carbons (Fsp3) is 0.471. The first kappa shape index (κ1) is 16.4. The molecule has 1 aliphatic rings. The van der Waals surface area contributed by atoms with E-state index < -0.39 is 0 Å². The van der Waals surface area contributed by atoms with Crippen molar-refractivity contribution in [3.63, 3.8) is 0 Å². The number of nitrogens with one attached hydrogen (secondary N) is 1. The Morgan fingerprint density at radius 2 is 2.29 bits per heavy atom. The van der Waals surface area contributed by atoms with Crippen molar-refractivity contribution in [2.45, 2.75) is 18.8 Å². The molecule has 1 aliphatic heterocycles. The Bertz CT molecular complexity index is 660. The predicted molar refractivity (Wildman–Crippen MR) is 88.1 cm³/mol. The molecule has 1 fully saturated rings. The molecule has 0 bridgehead atoms. The van der Waals surface area contributed by atoms with Crippen molar-refractivity contribution in [1.82, 2.24) is 20.1 Å². The van der Waals surface area contributed by atoms with Gasteiger partial charge in [0.1, 0.15) is 12.2 Å². The van der Waals surface area contributed by atoms with E-state index in [-0.39, 0.29) is 5.91 Å². The molecule has 2 aromatic rings. The molecule has 1 unspecified atom stereocenters. The largest absolute Gasteiger partial charge is 0.475 e. The fourth-order valence-corrected chi connectivity index (χ4v) is 2.97. The van der Waals surface area contributed by atoms with Crippen molar-refractivity contribution in [2.24, 2.45) is 0 Å². The van der Waals surface area contributed by atoms with Crippen LogP contribution in [0.5, 0.6) is 5.88 Å². The van der Waals surface area contributed by atoms with E-state index in [0.717, 1.165) is 25.1 Å². The van der Waals surface area contributed by atoms with E-state index in [2.05, 4.69) is 15.2 Å². The zero-order valence-corrected chi connectivity index (χ0v) is 13.8. The quantitative estimate of drug-likeness (QED) is 0.818. The minimum Gasteiger partial charge on any atom is -0.475 e. The molecule has 2 aromatic heterocycles. The number of amides is 1. The summed E-state index contributed by atoms with van der Waals surface area (Å²) < 4.78 is 10.6. The maximum Gasteiger partial charge on any atom is 0.259 e. The summed E-state index contributed by atoms with van der Waals surface area (Å²) in [5.74, 6) is 0.614. The maximum atomic E-state index is 12.9. The number of pyridine rings is 1. The smallest absolute Gasteiger partial charge is 0.259 e. The molecule has 3 heterocycles. The van der Waals surface area contributed by atoms with Crippen LogP contribution in [0.2, 0.25) is 0 Å². The highest BCUT2D eigenvalue weighted by Crippen LogP contribution is 2.27. The molecule has 3 rings (SSSR count). The fourth-order valence-electron chi connectivity index (χ4n) is 2.97. The minimum atomic E-state index is -0.0419. The Labute approximate surface area is 141 Å². The molecule has 0 aromatic carbocycles. The van der Waals surface area contributed by atoms with Crippen LogP contribution in [0.3, 0.4) is 0 Å². The van der Waals surface area contributed by atoms with Crippen LogP contribution in [-0.2, 0) is 4.74 Å². The summed E-state index contributed by atoms with van der Waals surface area (Å²) in [4.78, 5) is 19.0. The van der Waals surface area contributed by atoms with Gasteiger partial charge in [-0.1, -0.05) is 0 Å². The Hall–Kier alpha value is -2.41. The molecule has 0 radical (unpaired) electrons. The number of likely N-dealkylation sites (tertiary alicyclic amines) is 1. The number of methoxy groups -OCH3 is 1. The molecule has 1 atom stereocenters. The average Bonchev–Trinajstić information content (AvgIpc) is 3.17. The molecule has 128 valence electrons.